The van der Waals surface area contributed by atoms with E-state index in [4.69, 9.17) is 4.74 Å². The zero-order valence-electron chi connectivity index (χ0n) is 11.7. The van der Waals surface area contributed by atoms with Gasteiger partial charge in [-0.2, -0.15) is 5.10 Å². The van der Waals surface area contributed by atoms with Crippen LogP contribution in [0.15, 0.2) is 6.20 Å². The standard InChI is InChI=1S/C12H19N3O4S/c1-3-19-12(16)10-8-13-14(2)11(10)9-15-4-6-20(17,18)7-5-15/h8H,3-7,9H2,1-2H3. The lowest BCUT2D eigenvalue weighted by Crippen LogP contribution is -2.40. The summed E-state index contributed by atoms with van der Waals surface area (Å²) in [5.41, 5.74) is 1.20. The molecule has 20 heavy (non-hydrogen) atoms. The molecule has 0 aromatic carbocycles. The molecule has 1 saturated heterocycles. The van der Waals surface area contributed by atoms with Crippen LogP contribution in [0.4, 0.5) is 0 Å². The normalized spacial score (nSPS) is 18.9. The summed E-state index contributed by atoms with van der Waals surface area (Å²) in [5.74, 6) is -0.0562. The molecule has 0 atom stereocenters. The van der Waals surface area contributed by atoms with Crippen LogP contribution in [0.3, 0.4) is 0 Å². The molecule has 0 radical (unpaired) electrons. The quantitative estimate of drug-likeness (QED) is 0.718. The van der Waals surface area contributed by atoms with Crippen LogP contribution in [0.2, 0.25) is 0 Å². The van der Waals surface area contributed by atoms with Gasteiger partial charge in [0.05, 0.1) is 30.0 Å². The van der Waals surface area contributed by atoms with Gasteiger partial charge in [0, 0.05) is 26.7 Å². The van der Waals surface area contributed by atoms with Crippen LogP contribution >= 0.6 is 0 Å². The number of aryl methyl sites for hydroxylation is 1. The van der Waals surface area contributed by atoms with Gasteiger partial charge in [0.1, 0.15) is 5.56 Å². The molecule has 1 aromatic heterocycles. The Hall–Kier alpha value is -1.41. The van der Waals surface area contributed by atoms with E-state index in [0.717, 1.165) is 5.69 Å². The number of hydrogen-bond acceptors (Lipinski definition) is 6. The highest BCUT2D eigenvalue weighted by Gasteiger charge is 2.25. The maximum atomic E-state index is 11.8. The summed E-state index contributed by atoms with van der Waals surface area (Å²) in [4.78, 5) is 13.8. The fourth-order valence-corrected chi connectivity index (χ4v) is 3.43. The second-order valence-electron chi connectivity index (χ2n) is 4.78. The molecule has 0 bridgehead atoms. The van der Waals surface area contributed by atoms with Crippen LogP contribution < -0.4 is 0 Å². The average Bonchev–Trinajstić information content (AvgIpc) is 2.74. The van der Waals surface area contributed by atoms with Gasteiger partial charge in [0.25, 0.3) is 0 Å². The number of aromatic nitrogens is 2. The Balaban J connectivity index is 2.10. The lowest BCUT2D eigenvalue weighted by atomic mass is 10.2. The van der Waals surface area contributed by atoms with Crippen molar-refractivity contribution in [1.29, 1.82) is 0 Å². The highest BCUT2D eigenvalue weighted by molar-refractivity contribution is 7.91. The zero-order valence-corrected chi connectivity index (χ0v) is 12.5. The molecular weight excluding hydrogens is 282 g/mol. The predicted molar refractivity (Wildman–Crippen MR) is 73.1 cm³/mol. The number of ether oxygens (including phenoxy) is 1. The Morgan fingerprint density at radius 1 is 1.40 bits per heavy atom. The summed E-state index contributed by atoms with van der Waals surface area (Å²) in [6.45, 7) is 3.53. The largest absolute Gasteiger partial charge is 0.462 e. The number of esters is 1. The number of carbonyl (C=O) groups is 1. The Morgan fingerprint density at radius 2 is 2.05 bits per heavy atom. The van der Waals surface area contributed by atoms with Crippen molar-refractivity contribution in [3.8, 4) is 0 Å². The maximum Gasteiger partial charge on any atom is 0.341 e. The molecule has 0 saturated carbocycles. The highest BCUT2D eigenvalue weighted by atomic mass is 32.2. The van der Waals surface area contributed by atoms with Gasteiger partial charge in [-0.1, -0.05) is 0 Å². The van der Waals surface area contributed by atoms with E-state index in [-0.39, 0.29) is 17.5 Å². The molecule has 8 heteroatoms. The number of carbonyl (C=O) groups excluding carboxylic acids is 1. The van der Waals surface area contributed by atoms with Crippen molar-refractivity contribution in [3.05, 3.63) is 17.5 Å². The molecule has 0 amide bonds. The molecule has 7 nitrogen and oxygen atoms in total. The number of nitrogens with zero attached hydrogens (tertiary/aromatic N) is 3. The molecule has 112 valence electrons. The van der Waals surface area contributed by atoms with Crippen molar-refractivity contribution in [2.24, 2.45) is 7.05 Å². The van der Waals surface area contributed by atoms with Gasteiger partial charge >= 0.3 is 5.97 Å². The fraction of sp³-hybridized carbons (Fsp3) is 0.667. The number of hydrogen-bond donors (Lipinski definition) is 0. The molecule has 1 aliphatic heterocycles. The van der Waals surface area contributed by atoms with Crippen LogP contribution in [0, 0.1) is 0 Å². The minimum Gasteiger partial charge on any atom is -0.462 e. The Bertz CT molecular complexity index is 580. The second kappa shape index (κ2) is 5.92. The van der Waals surface area contributed by atoms with E-state index in [0.29, 0.717) is 31.8 Å². The van der Waals surface area contributed by atoms with Crippen LogP contribution in [-0.4, -0.2) is 60.3 Å². The zero-order chi connectivity index (χ0) is 14.8. The number of rotatable bonds is 4. The molecule has 0 unspecified atom stereocenters. The van der Waals surface area contributed by atoms with E-state index in [9.17, 15) is 13.2 Å². The summed E-state index contributed by atoms with van der Waals surface area (Å²) >= 11 is 0. The van der Waals surface area contributed by atoms with Gasteiger partial charge in [-0.3, -0.25) is 9.58 Å². The predicted octanol–water partition coefficient (Wildman–Crippen LogP) is -0.173. The summed E-state index contributed by atoms with van der Waals surface area (Å²) in [6, 6.07) is 0. The third-order valence-electron chi connectivity index (χ3n) is 3.37. The van der Waals surface area contributed by atoms with Gasteiger partial charge in [-0.15, -0.1) is 0 Å². The van der Waals surface area contributed by atoms with Gasteiger partial charge in [-0.25, -0.2) is 13.2 Å². The van der Waals surface area contributed by atoms with E-state index in [1.54, 1.807) is 18.7 Å². The molecule has 1 fully saturated rings. The first-order valence-electron chi connectivity index (χ1n) is 6.53. The Morgan fingerprint density at radius 3 is 2.65 bits per heavy atom. The van der Waals surface area contributed by atoms with E-state index in [1.807, 2.05) is 4.90 Å². The van der Waals surface area contributed by atoms with Crippen LogP contribution in [0.1, 0.15) is 23.0 Å². The molecule has 2 rings (SSSR count). The van der Waals surface area contributed by atoms with Gasteiger partial charge in [0.15, 0.2) is 9.84 Å². The monoisotopic (exact) mass is 301 g/mol. The molecule has 1 aliphatic rings. The van der Waals surface area contributed by atoms with Crippen molar-refractivity contribution in [1.82, 2.24) is 14.7 Å². The molecular formula is C12H19N3O4S. The van der Waals surface area contributed by atoms with Crippen LogP contribution in [0.5, 0.6) is 0 Å². The molecule has 2 heterocycles. The number of sulfone groups is 1. The van der Waals surface area contributed by atoms with E-state index >= 15 is 0 Å². The summed E-state index contributed by atoms with van der Waals surface area (Å²) in [6.07, 6.45) is 1.49. The maximum absolute atomic E-state index is 11.8. The smallest absolute Gasteiger partial charge is 0.341 e. The first-order valence-corrected chi connectivity index (χ1v) is 8.36. The van der Waals surface area contributed by atoms with Gasteiger partial charge in [0.2, 0.25) is 0 Å². The van der Waals surface area contributed by atoms with E-state index in [2.05, 4.69) is 5.10 Å². The third-order valence-corrected chi connectivity index (χ3v) is 4.98. The van der Waals surface area contributed by atoms with Gasteiger partial charge < -0.3 is 4.74 Å². The van der Waals surface area contributed by atoms with Crippen molar-refractivity contribution < 1.29 is 17.9 Å². The second-order valence-corrected chi connectivity index (χ2v) is 7.08. The average molecular weight is 301 g/mol. The Kier molecular flexibility index (Phi) is 4.44. The fourth-order valence-electron chi connectivity index (χ4n) is 2.15. The lowest BCUT2D eigenvalue weighted by Gasteiger charge is -2.26. The van der Waals surface area contributed by atoms with Crippen molar-refractivity contribution in [2.45, 2.75) is 13.5 Å². The van der Waals surface area contributed by atoms with Crippen molar-refractivity contribution >= 4 is 15.8 Å². The van der Waals surface area contributed by atoms with Crippen molar-refractivity contribution in [3.63, 3.8) is 0 Å². The molecule has 1 aromatic rings. The SMILES string of the molecule is CCOC(=O)c1cnn(C)c1CN1CCS(=O)(=O)CC1. The Labute approximate surface area is 118 Å². The highest BCUT2D eigenvalue weighted by Crippen LogP contribution is 2.14. The minimum absolute atomic E-state index is 0.166. The molecule has 0 spiro atoms. The lowest BCUT2D eigenvalue weighted by molar-refractivity contribution is 0.0523. The summed E-state index contributed by atoms with van der Waals surface area (Å²) in [5, 5.41) is 4.08. The summed E-state index contributed by atoms with van der Waals surface area (Å²) in [7, 11) is -1.13. The first-order chi connectivity index (χ1) is 9.43. The minimum atomic E-state index is -2.90. The molecule has 0 N–H and O–H groups in total. The third kappa shape index (κ3) is 3.37. The van der Waals surface area contributed by atoms with Gasteiger partial charge in [-0.05, 0) is 6.92 Å². The van der Waals surface area contributed by atoms with Crippen LogP contribution in [-0.2, 0) is 28.2 Å². The van der Waals surface area contributed by atoms with Crippen molar-refractivity contribution in [2.75, 3.05) is 31.2 Å². The topological polar surface area (TPSA) is 81.5 Å². The van der Waals surface area contributed by atoms with E-state index < -0.39 is 9.84 Å². The first kappa shape index (κ1) is 15.0. The van der Waals surface area contributed by atoms with Crippen LogP contribution in [0.25, 0.3) is 0 Å². The molecule has 0 aliphatic carbocycles. The van der Waals surface area contributed by atoms with E-state index in [1.165, 1.54) is 6.20 Å². The summed E-state index contributed by atoms with van der Waals surface area (Å²) < 4.78 is 29.4.